The highest BCUT2D eigenvalue weighted by Gasteiger charge is 2.34. The first-order valence-electron chi connectivity index (χ1n) is 7.42. The number of nitrogens with one attached hydrogen (secondary N) is 1. The molecule has 6 nitrogen and oxygen atoms in total. The normalized spacial score (nSPS) is 26.6. The van der Waals surface area contributed by atoms with Crippen LogP contribution >= 0.6 is 0 Å². The van der Waals surface area contributed by atoms with Crippen molar-refractivity contribution in [2.24, 2.45) is 5.84 Å². The summed E-state index contributed by atoms with van der Waals surface area (Å²) in [6.07, 6.45) is 3.34. The van der Waals surface area contributed by atoms with Crippen LogP contribution in [0.3, 0.4) is 0 Å². The van der Waals surface area contributed by atoms with Crippen molar-refractivity contribution in [2.45, 2.75) is 45.3 Å². The van der Waals surface area contributed by atoms with E-state index in [4.69, 9.17) is 10.6 Å². The van der Waals surface area contributed by atoms with Gasteiger partial charge in [0, 0.05) is 23.8 Å². The van der Waals surface area contributed by atoms with E-state index in [1.165, 1.54) is 19.4 Å². The first kappa shape index (κ1) is 13.7. The molecule has 20 heavy (non-hydrogen) atoms. The van der Waals surface area contributed by atoms with Gasteiger partial charge in [0.2, 0.25) is 0 Å². The van der Waals surface area contributed by atoms with Crippen LogP contribution in [0, 0.1) is 6.92 Å². The topological polar surface area (TPSA) is 76.3 Å². The van der Waals surface area contributed by atoms with Crippen LogP contribution in [0.1, 0.15) is 43.0 Å². The molecule has 3 heterocycles. The lowest BCUT2D eigenvalue weighted by atomic mass is 10.1. The number of hydrogen-bond acceptors (Lipinski definition) is 6. The van der Waals surface area contributed by atoms with Crippen LogP contribution in [0.25, 0.3) is 0 Å². The Morgan fingerprint density at radius 2 is 2.30 bits per heavy atom. The highest BCUT2D eigenvalue weighted by atomic mass is 16.5. The van der Waals surface area contributed by atoms with Gasteiger partial charge in [-0.05, 0) is 32.7 Å². The molecule has 2 saturated heterocycles. The average molecular weight is 277 g/mol. The van der Waals surface area contributed by atoms with Gasteiger partial charge in [-0.2, -0.15) is 0 Å². The van der Waals surface area contributed by atoms with Gasteiger partial charge in [0.15, 0.2) is 5.82 Å². The fourth-order valence-corrected chi connectivity index (χ4v) is 3.28. The minimum atomic E-state index is -0.0407. The summed E-state index contributed by atoms with van der Waals surface area (Å²) >= 11 is 0. The molecule has 0 saturated carbocycles. The fraction of sp³-hybridized carbons (Fsp3) is 0.714. The lowest BCUT2D eigenvalue weighted by Crippen LogP contribution is -2.43. The van der Waals surface area contributed by atoms with Gasteiger partial charge in [0.25, 0.3) is 0 Å². The van der Waals surface area contributed by atoms with Crippen molar-refractivity contribution in [3.63, 3.8) is 0 Å². The average Bonchev–Trinajstić information content (AvgIpc) is 2.93. The molecule has 0 bridgehead atoms. The molecule has 110 valence electrons. The molecule has 0 radical (unpaired) electrons. The molecule has 1 aromatic heterocycles. The zero-order valence-electron chi connectivity index (χ0n) is 12.2. The third-order valence-corrected chi connectivity index (χ3v) is 4.40. The van der Waals surface area contributed by atoms with Crippen LogP contribution in [0.15, 0.2) is 0 Å². The monoisotopic (exact) mass is 277 g/mol. The maximum atomic E-state index is 5.97. The molecule has 0 aliphatic carbocycles. The van der Waals surface area contributed by atoms with E-state index in [2.05, 4.69) is 27.2 Å². The van der Waals surface area contributed by atoms with E-state index in [1.54, 1.807) is 0 Å². The van der Waals surface area contributed by atoms with Crippen molar-refractivity contribution in [1.29, 1.82) is 0 Å². The van der Waals surface area contributed by atoms with Gasteiger partial charge in [-0.15, -0.1) is 0 Å². The van der Waals surface area contributed by atoms with Crippen molar-refractivity contribution >= 4 is 5.82 Å². The number of nitrogen functional groups attached to an aromatic ring is 1. The minimum absolute atomic E-state index is 0.0407. The molecule has 0 aromatic carbocycles. The number of aryl methyl sites for hydroxylation is 1. The van der Waals surface area contributed by atoms with Crippen molar-refractivity contribution in [3.05, 3.63) is 17.1 Å². The number of hydrazine groups is 1. The molecule has 2 fully saturated rings. The molecule has 2 aliphatic heterocycles. The van der Waals surface area contributed by atoms with E-state index >= 15 is 0 Å². The minimum Gasteiger partial charge on any atom is -0.367 e. The lowest BCUT2D eigenvalue weighted by Gasteiger charge is -2.34. The summed E-state index contributed by atoms with van der Waals surface area (Å²) in [6, 6.07) is 0.592. The quantitative estimate of drug-likeness (QED) is 0.638. The summed E-state index contributed by atoms with van der Waals surface area (Å²) in [4.78, 5) is 11.7. The molecular weight excluding hydrogens is 254 g/mol. The van der Waals surface area contributed by atoms with Gasteiger partial charge < -0.3 is 10.2 Å². The number of nitrogens with zero attached hydrogens (tertiary/aromatic N) is 3. The first-order chi connectivity index (χ1) is 9.72. The summed E-state index contributed by atoms with van der Waals surface area (Å²) in [5.41, 5.74) is 4.75. The molecule has 2 unspecified atom stereocenters. The van der Waals surface area contributed by atoms with Gasteiger partial charge in [-0.1, -0.05) is 6.92 Å². The second-order valence-electron chi connectivity index (χ2n) is 5.61. The highest BCUT2D eigenvalue weighted by Crippen LogP contribution is 2.29. The smallest absolute Gasteiger partial charge is 0.161 e. The number of hydrogen-bond donors (Lipinski definition) is 2. The molecule has 6 heteroatoms. The third-order valence-electron chi connectivity index (χ3n) is 4.40. The van der Waals surface area contributed by atoms with Crippen molar-refractivity contribution in [3.8, 4) is 0 Å². The van der Waals surface area contributed by atoms with Crippen LogP contribution in [-0.2, 0) is 11.2 Å². The molecule has 0 amide bonds. The van der Waals surface area contributed by atoms with Crippen molar-refractivity contribution < 1.29 is 4.74 Å². The molecule has 3 rings (SSSR count). The number of fused-ring (bicyclic) bond motifs is 1. The fourth-order valence-electron chi connectivity index (χ4n) is 3.28. The molecule has 2 aliphatic rings. The predicted molar refractivity (Wildman–Crippen MR) is 77.2 cm³/mol. The Kier molecular flexibility index (Phi) is 3.87. The van der Waals surface area contributed by atoms with Crippen LogP contribution in [0.2, 0.25) is 0 Å². The van der Waals surface area contributed by atoms with Gasteiger partial charge in [0.1, 0.15) is 11.9 Å². The van der Waals surface area contributed by atoms with E-state index in [-0.39, 0.29) is 6.10 Å². The summed E-state index contributed by atoms with van der Waals surface area (Å²) in [7, 11) is 0. The molecule has 2 atom stereocenters. The first-order valence-corrected chi connectivity index (χ1v) is 7.42. The Bertz CT molecular complexity index is 493. The summed E-state index contributed by atoms with van der Waals surface area (Å²) in [5, 5.41) is 0. The Morgan fingerprint density at radius 1 is 1.45 bits per heavy atom. The highest BCUT2D eigenvalue weighted by molar-refractivity contribution is 5.45. The van der Waals surface area contributed by atoms with E-state index in [0.29, 0.717) is 6.04 Å². The molecular formula is C14H23N5O. The number of rotatable bonds is 3. The second kappa shape index (κ2) is 5.63. The van der Waals surface area contributed by atoms with Crippen LogP contribution < -0.4 is 11.3 Å². The largest absolute Gasteiger partial charge is 0.367 e. The number of anilines is 1. The Morgan fingerprint density at radius 3 is 3.05 bits per heavy atom. The Labute approximate surface area is 119 Å². The summed E-state index contributed by atoms with van der Waals surface area (Å²) in [5.74, 6) is 7.06. The van der Waals surface area contributed by atoms with Gasteiger partial charge in [-0.3, -0.25) is 4.90 Å². The van der Waals surface area contributed by atoms with Crippen molar-refractivity contribution in [2.75, 3.05) is 25.1 Å². The number of aromatic nitrogens is 2. The molecule has 3 N–H and O–H groups in total. The zero-order valence-corrected chi connectivity index (χ0v) is 12.2. The van der Waals surface area contributed by atoms with Crippen LogP contribution in [-0.4, -0.2) is 40.6 Å². The predicted octanol–water partition coefficient (Wildman–Crippen LogP) is 1.17. The van der Waals surface area contributed by atoms with Crippen LogP contribution in [0.4, 0.5) is 5.82 Å². The summed E-state index contributed by atoms with van der Waals surface area (Å²) < 4.78 is 5.97. The van der Waals surface area contributed by atoms with Crippen LogP contribution in [0.5, 0.6) is 0 Å². The second-order valence-corrected chi connectivity index (χ2v) is 5.61. The maximum absolute atomic E-state index is 5.97. The number of nitrogens with two attached hydrogens (primary N) is 1. The molecule has 0 spiro atoms. The van der Waals surface area contributed by atoms with Crippen molar-refractivity contribution in [1.82, 2.24) is 14.9 Å². The van der Waals surface area contributed by atoms with Gasteiger partial charge >= 0.3 is 0 Å². The Balaban J connectivity index is 1.85. The van der Waals surface area contributed by atoms with Gasteiger partial charge in [-0.25, -0.2) is 15.8 Å². The van der Waals surface area contributed by atoms with E-state index in [1.807, 2.05) is 6.92 Å². The SMILES string of the molecule is CCc1c(C)nc(C2CN3CCCC3CO2)nc1NN. The van der Waals surface area contributed by atoms with Gasteiger partial charge in [0.05, 0.1) is 6.61 Å². The standard InChI is InChI=1S/C14H23N5O/c1-3-11-9(2)16-14(17-13(11)18-15)12-7-19-6-4-5-10(19)8-20-12/h10,12H,3-8,15H2,1-2H3,(H,16,17,18). The lowest BCUT2D eigenvalue weighted by molar-refractivity contribution is -0.0541. The molecule has 1 aromatic rings. The maximum Gasteiger partial charge on any atom is 0.161 e. The van der Waals surface area contributed by atoms with E-state index in [0.717, 1.165) is 42.5 Å². The van der Waals surface area contributed by atoms with E-state index < -0.39 is 0 Å². The Hall–Kier alpha value is -1.24. The third kappa shape index (κ3) is 2.39. The number of ether oxygens (including phenoxy) is 1. The van der Waals surface area contributed by atoms with E-state index in [9.17, 15) is 0 Å². The zero-order chi connectivity index (χ0) is 14.1. The summed E-state index contributed by atoms with van der Waals surface area (Å²) in [6.45, 7) is 6.93. The number of morpholine rings is 1.